The average molecular weight is 252 g/mol. The van der Waals surface area contributed by atoms with E-state index in [1.807, 2.05) is 6.92 Å². The molecule has 0 aliphatic carbocycles. The standard InChI is InChI=1S/C14H20O4/c1-3-11(2)17-8-9-18-13-6-4-12(5-7-13)10-14(15)16/h4-7,11H,3,8-10H2,1-2H3,(H,15,16). The Labute approximate surface area is 108 Å². The van der Waals surface area contributed by atoms with Gasteiger partial charge < -0.3 is 14.6 Å². The van der Waals surface area contributed by atoms with Crippen molar-refractivity contribution in [2.24, 2.45) is 0 Å². The molecule has 4 nitrogen and oxygen atoms in total. The molecule has 0 saturated heterocycles. The molecule has 1 aromatic carbocycles. The number of benzene rings is 1. The van der Waals surface area contributed by atoms with Crippen LogP contribution in [0.3, 0.4) is 0 Å². The Hall–Kier alpha value is -1.55. The number of hydrogen-bond acceptors (Lipinski definition) is 3. The maximum Gasteiger partial charge on any atom is 0.307 e. The number of hydrogen-bond donors (Lipinski definition) is 1. The Morgan fingerprint density at radius 3 is 2.50 bits per heavy atom. The van der Waals surface area contributed by atoms with Crippen LogP contribution in [0.1, 0.15) is 25.8 Å². The third-order valence-electron chi connectivity index (χ3n) is 2.61. The minimum atomic E-state index is -0.828. The predicted molar refractivity (Wildman–Crippen MR) is 69.0 cm³/mol. The van der Waals surface area contributed by atoms with Crippen LogP contribution in [-0.2, 0) is 16.0 Å². The van der Waals surface area contributed by atoms with E-state index in [1.165, 1.54) is 0 Å². The van der Waals surface area contributed by atoms with E-state index in [2.05, 4.69) is 6.92 Å². The zero-order valence-electron chi connectivity index (χ0n) is 10.9. The molecule has 1 N–H and O–H groups in total. The quantitative estimate of drug-likeness (QED) is 0.722. The second kappa shape index (κ2) is 7.71. The topological polar surface area (TPSA) is 55.8 Å². The number of aliphatic carboxylic acids is 1. The zero-order chi connectivity index (χ0) is 13.4. The van der Waals surface area contributed by atoms with Crippen LogP contribution >= 0.6 is 0 Å². The fourth-order valence-corrected chi connectivity index (χ4v) is 1.40. The van der Waals surface area contributed by atoms with Crippen molar-refractivity contribution < 1.29 is 19.4 Å². The van der Waals surface area contributed by atoms with Crippen LogP contribution in [0.25, 0.3) is 0 Å². The maximum atomic E-state index is 10.5. The lowest BCUT2D eigenvalue weighted by molar-refractivity contribution is -0.136. The largest absolute Gasteiger partial charge is 0.491 e. The summed E-state index contributed by atoms with van der Waals surface area (Å²) in [6.07, 6.45) is 1.29. The first kappa shape index (κ1) is 14.5. The molecule has 0 heterocycles. The Kier molecular flexibility index (Phi) is 6.22. The molecule has 1 aromatic rings. The SMILES string of the molecule is CCC(C)OCCOc1ccc(CC(=O)O)cc1. The van der Waals surface area contributed by atoms with Gasteiger partial charge in [0.2, 0.25) is 0 Å². The molecule has 0 bridgehead atoms. The summed E-state index contributed by atoms with van der Waals surface area (Å²) in [7, 11) is 0. The smallest absolute Gasteiger partial charge is 0.307 e. The summed E-state index contributed by atoms with van der Waals surface area (Å²) < 4.78 is 11.0. The van der Waals surface area contributed by atoms with Crippen LogP contribution in [0.2, 0.25) is 0 Å². The van der Waals surface area contributed by atoms with Crippen LogP contribution in [0.5, 0.6) is 5.75 Å². The first-order valence-electron chi connectivity index (χ1n) is 6.17. The van der Waals surface area contributed by atoms with Crippen molar-refractivity contribution in [2.75, 3.05) is 13.2 Å². The molecule has 0 aliphatic heterocycles. The van der Waals surface area contributed by atoms with Gasteiger partial charge in [-0.05, 0) is 31.0 Å². The summed E-state index contributed by atoms with van der Waals surface area (Å²) in [4.78, 5) is 10.5. The zero-order valence-corrected chi connectivity index (χ0v) is 10.9. The van der Waals surface area contributed by atoms with E-state index in [0.29, 0.717) is 13.2 Å². The molecule has 1 unspecified atom stereocenters. The monoisotopic (exact) mass is 252 g/mol. The highest BCUT2D eigenvalue weighted by Gasteiger charge is 2.01. The second-order valence-electron chi connectivity index (χ2n) is 4.15. The summed E-state index contributed by atoms with van der Waals surface area (Å²) in [5.41, 5.74) is 0.769. The number of carboxylic acid groups (broad SMARTS) is 1. The molecule has 0 aromatic heterocycles. The molecule has 0 radical (unpaired) electrons. The van der Waals surface area contributed by atoms with Crippen molar-refractivity contribution in [3.8, 4) is 5.75 Å². The Morgan fingerprint density at radius 1 is 1.28 bits per heavy atom. The second-order valence-corrected chi connectivity index (χ2v) is 4.15. The van der Waals surface area contributed by atoms with Gasteiger partial charge in [0.05, 0.1) is 19.1 Å². The van der Waals surface area contributed by atoms with Crippen molar-refractivity contribution in [2.45, 2.75) is 32.8 Å². The maximum absolute atomic E-state index is 10.5. The summed E-state index contributed by atoms with van der Waals surface area (Å²) >= 11 is 0. The van der Waals surface area contributed by atoms with E-state index >= 15 is 0 Å². The molecule has 1 rings (SSSR count). The predicted octanol–water partition coefficient (Wildman–Crippen LogP) is 2.51. The van der Waals surface area contributed by atoms with Gasteiger partial charge in [0.1, 0.15) is 12.4 Å². The number of carbonyl (C=O) groups is 1. The third-order valence-corrected chi connectivity index (χ3v) is 2.61. The number of ether oxygens (including phenoxy) is 2. The van der Waals surface area contributed by atoms with Gasteiger partial charge in [-0.2, -0.15) is 0 Å². The molecule has 0 spiro atoms. The van der Waals surface area contributed by atoms with Crippen LogP contribution in [0, 0.1) is 0 Å². The van der Waals surface area contributed by atoms with E-state index < -0.39 is 5.97 Å². The highest BCUT2D eigenvalue weighted by atomic mass is 16.5. The van der Waals surface area contributed by atoms with Gasteiger partial charge in [0, 0.05) is 0 Å². The molecule has 1 atom stereocenters. The van der Waals surface area contributed by atoms with Crippen molar-refractivity contribution >= 4 is 5.97 Å². The molecule has 100 valence electrons. The first-order chi connectivity index (χ1) is 8.61. The van der Waals surface area contributed by atoms with E-state index in [4.69, 9.17) is 14.6 Å². The van der Waals surface area contributed by atoms with E-state index in [-0.39, 0.29) is 12.5 Å². The van der Waals surface area contributed by atoms with Crippen molar-refractivity contribution in [1.29, 1.82) is 0 Å². The van der Waals surface area contributed by atoms with Crippen molar-refractivity contribution in [3.05, 3.63) is 29.8 Å². The first-order valence-corrected chi connectivity index (χ1v) is 6.17. The lowest BCUT2D eigenvalue weighted by atomic mass is 10.1. The van der Waals surface area contributed by atoms with Gasteiger partial charge >= 0.3 is 5.97 Å². The van der Waals surface area contributed by atoms with Crippen LogP contribution in [-0.4, -0.2) is 30.4 Å². The Morgan fingerprint density at radius 2 is 1.94 bits per heavy atom. The van der Waals surface area contributed by atoms with Crippen LogP contribution in [0.15, 0.2) is 24.3 Å². The van der Waals surface area contributed by atoms with Crippen molar-refractivity contribution in [3.63, 3.8) is 0 Å². The number of rotatable bonds is 8. The molecule has 0 saturated carbocycles. The van der Waals surface area contributed by atoms with Gasteiger partial charge in [0.25, 0.3) is 0 Å². The molecular formula is C14H20O4. The normalized spacial score (nSPS) is 12.1. The fraction of sp³-hybridized carbons (Fsp3) is 0.500. The van der Waals surface area contributed by atoms with Crippen molar-refractivity contribution in [1.82, 2.24) is 0 Å². The minimum Gasteiger partial charge on any atom is -0.491 e. The molecule has 0 fully saturated rings. The fourth-order valence-electron chi connectivity index (χ4n) is 1.40. The summed E-state index contributed by atoms with van der Waals surface area (Å²) in [5, 5.41) is 8.64. The molecule has 0 aliphatic rings. The van der Waals surface area contributed by atoms with E-state index in [1.54, 1.807) is 24.3 Å². The third kappa shape index (κ3) is 5.68. The number of carboxylic acids is 1. The van der Waals surface area contributed by atoms with Gasteiger partial charge in [0.15, 0.2) is 0 Å². The van der Waals surface area contributed by atoms with Gasteiger partial charge in [-0.3, -0.25) is 4.79 Å². The van der Waals surface area contributed by atoms with E-state index in [0.717, 1.165) is 17.7 Å². The minimum absolute atomic E-state index is 0.0391. The van der Waals surface area contributed by atoms with Gasteiger partial charge in [-0.25, -0.2) is 0 Å². The molecule has 0 amide bonds. The lowest BCUT2D eigenvalue weighted by Gasteiger charge is -2.11. The van der Waals surface area contributed by atoms with Crippen LogP contribution < -0.4 is 4.74 Å². The van der Waals surface area contributed by atoms with Crippen LogP contribution in [0.4, 0.5) is 0 Å². The molecule has 4 heteroatoms. The highest BCUT2D eigenvalue weighted by molar-refractivity contribution is 5.70. The average Bonchev–Trinajstić information content (AvgIpc) is 2.35. The summed E-state index contributed by atoms with van der Waals surface area (Å²) in [6, 6.07) is 7.08. The Balaban J connectivity index is 2.28. The van der Waals surface area contributed by atoms with E-state index in [9.17, 15) is 4.79 Å². The lowest BCUT2D eigenvalue weighted by Crippen LogP contribution is -2.13. The van der Waals surface area contributed by atoms with Gasteiger partial charge in [-0.1, -0.05) is 19.1 Å². The Bertz CT molecular complexity index is 359. The van der Waals surface area contributed by atoms with Gasteiger partial charge in [-0.15, -0.1) is 0 Å². The summed E-state index contributed by atoms with van der Waals surface area (Å²) in [6.45, 7) is 5.17. The highest BCUT2D eigenvalue weighted by Crippen LogP contribution is 2.12. The summed E-state index contributed by atoms with van der Waals surface area (Å²) in [5.74, 6) is -0.0949. The molecule has 18 heavy (non-hydrogen) atoms. The molecular weight excluding hydrogens is 232 g/mol.